The number of nitrogens with one attached hydrogen (secondary N) is 2. The van der Waals surface area contributed by atoms with Crippen molar-refractivity contribution in [2.24, 2.45) is 5.92 Å². The van der Waals surface area contributed by atoms with Crippen molar-refractivity contribution in [1.29, 1.82) is 0 Å². The summed E-state index contributed by atoms with van der Waals surface area (Å²) in [5.41, 5.74) is 4.07. The van der Waals surface area contributed by atoms with Gasteiger partial charge in [0, 0.05) is 35.3 Å². The topological polar surface area (TPSA) is 97.8 Å². The van der Waals surface area contributed by atoms with E-state index in [0.717, 1.165) is 65.0 Å². The summed E-state index contributed by atoms with van der Waals surface area (Å²) in [6.07, 6.45) is 6.79. The molecule has 222 valence electrons. The van der Waals surface area contributed by atoms with Crippen LogP contribution in [0.3, 0.4) is 0 Å². The Balaban J connectivity index is 0.00000278. The van der Waals surface area contributed by atoms with Gasteiger partial charge in [0.1, 0.15) is 6.10 Å². The number of ether oxygens (including phenoxy) is 1. The lowest BCUT2D eigenvalue weighted by Gasteiger charge is -2.64. The van der Waals surface area contributed by atoms with E-state index in [9.17, 15) is 15.0 Å². The molecule has 5 aliphatic rings. The monoisotopic (exact) mass is 597 g/mol. The van der Waals surface area contributed by atoms with E-state index in [4.69, 9.17) is 4.74 Å². The van der Waals surface area contributed by atoms with Gasteiger partial charge in [-0.2, -0.15) is 0 Å². The zero-order chi connectivity index (χ0) is 28.2. The number of aliphatic hydroxyl groups is 1. The summed E-state index contributed by atoms with van der Waals surface area (Å²) in [5, 5.41) is 28.0. The smallest absolute Gasteiger partial charge is 0.253 e. The summed E-state index contributed by atoms with van der Waals surface area (Å²) in [4.78, 5) is 19.9. The second-order valence-corrected chi connectivity index (χ2v) is 13.2. The number of hydrogen-bond acceptors (Lipinski definition) is 5. The predicted molar refractivity (Wildman–Crippen MR) is 167 cm³/mol. The van der Waals surface area contributed by atoms with Gasteiger partial charge in [0.2, 0.25) is 0 Å². The molecular weight excluding hydrogens is 562 g/mol. The predicted octanol–water partition coefficient (Wildman–Crippen LogP) is 5.33. The Bertz CT molecular complexity index is 1750. The van der Waals surface area contributed by atoms with Gasteiger partial charge in [-0.15, -0.1) is 12.4 Å². The molecule has 9 rings (SSSR count). The number of carbonyl (C=O) groups is 1. The van der Waals surface area contributed by atoms with Crippen molar-refractivity contribution in [1.82, 2.24) is 15.2 Å². The molecule has 43 heavy (non-hydrogen) atoms. The van der Waals surface area contributed by atoms with E-state index in [1.165, 1.54) is 12.8 Å². The number of aromatic amines is 1. The van der Waals surface area contributed by atoms with Crippen molar-refractivity contribution in [3.05, 3.63) is 83.6 Å². The highest BCUT2D eigenvalue weighted by molar-refractivity contribution is 6.09. The summed E-state index contributed by atoms with van der Waals surface area (Å²) in [7, 11) is 0. The average molecular weight is 598 g/mol. The molecule has 3 aliphatic carbocycles. The van der Waals surface area contributed by atoms with Gasteiger partial charge in [-0.25, -0.2) is 0 Å². The molecule has 0 radical (unpaired) electrons. The largest absolute Gasteiger partial charge is 0.504 e. The second kappa shape index (κ2) is 9.49. The lowest BCUT2D eigenvalue weighted by atomic mass is 9.48. The number of piperidine rings is 1. The van der Waals surface area contributed by atoms with Gasteiger partial charge in [-0.05, 0) is 74.2 Å². The number of phenols is 1. The number of hydrogen-bond donors (Lipinski definition) is 4. The van der Waals surface area contributed by atoms with E-state index in [1.54, 1.807) is 6.07 Å². The first-order valence-corrected chi connectivity index (χ1v) is 15.4. The third-order valence-electron chi connectivity index (χ3n) is 11.1. The van der Waals surface area contributed by atoms with Gasteiger partial charge in [-0.3, -0.25) is 9.69 Å². The first-order chi connectivity index (χ1) is 20.5. The normalized spacial score (nSPS) is 30.3. The van der Waals surface area contributed by atoms with E-state index in [2.05, 4.69) is 27.3 Å². The van der Waals surface area contributed by atoms with Crippen molar-refractivity contribution in [2.45, 2.75) is 67.7 Å². The molecule has 4 N–H and O–H groups in total. The van der Waals surface area contributed by atoms with Crippen LogP contribution in [0.5, 0.6) is 11.5 Å². The molecule has 2 aliphatic heterocycles. The highest BCUT2D eigenvalue weighted by Gasteiger charge is 2.73. The first kappa shape index (κ1) is 27.1. The van der Waals surface area contributed by atoms with Gasteiger partial charge in [0.05, 0.1) is 28.1 Å². The molecular formula is C35H36ClN3O4. The van der Waals surface area contributed by atoms with Gasteiger partial charge >= 0.3 is 0 Å². The van der Waals surface area contributed by atoms with E-state index < -0.39 is 17.1 Å². The van der Waals surface area contributed by atoms with Crippen molar-refractivity contribution in [3.63, 3.8) is 0 Å². The molecule has 1 amide bonds. The number of likely N-dealkylation sites (tertiary alicyclic amines) is 1. The number of aromatic hydroxyl groups is 1. The fourth-order valence-electron chi connectivity index (χ4n) is 9.08. The number of carbonyl (C=O) groups excluding carboxylic acids is 1. The molecule has 8 heteroatoms. The lowest BCUT2D eigenvalue weighted by Crippen LogP contribution is -2.78. The summed E-state index contributed by atoms with van der Waals surface area (Å²) in [6.45, 7) is 1.93. The Kier molecular flexibility index (Phi) is 5.97. The summed E-state index contributed by atoms with van der Waals surface area (Å²) in [6, 6.07) is 19.5. The van der Waals surface area contributed by atoms with Crippen LogP contribution in [0.1, 0.15) is 53.6 Å². The quantitative estimate of drug-likeness (QED) is 0.249. The van der Waals surface area contributed by atoms with E-state index in [1.807, 2.05) is 48.7 Å². The molecule has 1 saturated heterocycles. The molecule has 4 aromatic rings. The van der Waals surface area contributed by atoms with E-state index >= 15 is 0 Å². The Morgan fingerprint density at radius 2 is 1.88 bits per heavy atom. The van der Waals surface area contributed by atoms with E-state index in [-0.39, 0.29) is 36.1 Å². The Morgan fingerprint density at radius 3 is 2.70 bits per heavy atom. The number of aromatic nitrogens is 1. The van der Waals surface area contributed by atoms with Crippen molar-refractivity contribution in [2.75, 3.05) is 13.1 Å². The van der Waals surface area contributed by atoms with Crippen molar-refractivity contribution in [3.8, 4) is 22.6 Å². The second-order valence-electron chi connectivity index (χ2n) is 13.2. The Hall–Kier alpha value is -3.52. The summed E-state index contributed by atoms with van der Waals surface area (Å²) < 4.78 is 6.65. The third kappa shape index (κ3) is 3.65. The molecule has 3 fully saturated rings. The van der Waals surface area contributed by atoms with Crippen LogP contribution in [-0.2, 0) is 11.8 Å². The van der Waals surface area contributed by atoms with Crippen LogP contribution in [0.4, 0.5) is 0 Å². The van der Waals surface area contributed by atoms with Crippen LogP contribution in [0.2, 0.25) is 0 Å². The molecule has 2 saturated carbocycles. The first-order valence-electron chi connectivity index (χ1n) is 15.4. The van der Waals surface area contributed by atoms with Gasteiger partial charge in [0.15, 0.2) is 11.5 Å². The third-order valence-corrected chi connectivity index (χ3v) is 11.1. The lowest BCUT2D eigenvalue weighted by molar-refractivity contribution is -0.191. The SMILES string of the molecule is Cl.O=C(N[C@@H]1CC[C@@]2(O)[C@H]3Cc4ccc(O)c5c4[C@@]2(CCN3CC2CC2)[C@H]1O5)c1cccc2c(-c3ccccc3)c[nH]c12. The average Bonchev–Trinajstić information content (AvgIpc) is 3.59. The summed E-state index contributed by atoms with van der Waals surface area (Å²) >= 11 is 0. The highest BCUT2D eigenvalue weighted by atomic mass is 35.5. The summed E-state index contributed by atoms with van der Waals surface area (Å²) in [5.74, 6) is 1.21. The number of nitrogens with zero attached hydrogens (tertiary/aromatic N) is 1. The maximum absolute atomic E-state index is 14.0. The minimum absolute atomic E-state index is 0. The van der Waals surface area contributed by atoms with Crippen molar-refractivity contribution < 1.29 is 19.7 Å². The van der Waals surface area contributed by atoms with Crippen molar-refractivity contribution >= 4 is 29.2 Å². The van der Waals surface area contributed by atoms with Gasteiger partial charge in [0.25, 0.3) is 5.91 Å². The minimum Gasteiger partial charge on any atom is -0.504 e. The fourth-order valence-corrected chi connectivity index (χ4v) is 9.08. The number of fused-ring (bicyclic) bond motifs is 1. The molecule has 1 aromatic heterocycles. The van der Waals surface area contributed by atoms with Crippen LogP contribution in [0, 0.1) is 5.92 Å². The van der Waals surface area contributed by atoms with Gasteiger partial charge in [-0.1, -0.05) is 48.5 Å². The number of rotatable bonds is 5. The van der Waals surface area contributed by atoms with Gasteiger partial charge < -0.3 is 25.3 Å². The number of para-hydroxylation sites is 1. The van der Waals surface area contributed by atoms with Crippen LogP contribution in [-0.4, -0.2) is 62.9 Å². The van der Waals surface area contributed by atoms with Crippen LogP contribution >= 0.6 is 12.4 Å². The molecule has 2 bridgehead atoms. The number of amides is 1. The minimum atomic E-state index is -0.970. The van der Waals surface area contributed by atoms with Crippen LogP contribution < -0.4 is 10.1 Å². The fraction of sp³-hybridized carbons (Fsp3) is 0.400. The zero-order valence-corrected chi connectivity index (χ0v) is 24.7. The standard InChI is InChI=1S/C35H35N3O4.ClH/c39-27-12-11-22-17-28-35(41)14-13-26(32-34(35,29(22)31(27)42-32)15-16-38(28)19-20-9-10-20)37-33(40)24-8-4-7-23-25(18-36-30(23)24)21-5-2-1-3-6-21;/h1-8,11-12,18,20,26,28,32,36,39,41H,9-10,13-17,19H2,(H,37,40);1H/t26-,28-,32+,34+,35-;/m1./s1. The highest BCUT2D eigenvalue weighted by Crippen LogP contribution is 2.65. The molecule has 0 unspecified atom stereocenters. The molecule has 5 atom stereocenters. The molecule has 7 nitrogen and oxygen atoms in total. The Labute approximate surface area is 256 Å². The molecule has 3 aromatic carbocycles. The molecule has 3 heterocycles. The number of halogens is 1. The zero-order valence-electron chi connectivity index (χ0n) is 23.9. The maximum Gasteiger partial charge on any atom is 0.253 e. The number of benzene rings is 3. The van der Waals surface area contributed by atoms with Crippen LogP contribution in [0.25, 0.3) is 22.0 Å². The Morgan fingerprint density at radius 1 is 1.05 bits per heavy atom. The maximum atomic E-state index is 14.0. The molecule has 1 spiro atoms. The number of phenolic OH excluding ortho intramolecular Hbond substituents is 1. The van der Waals surface area contributed by atoms with Crippen LogP contribution in [0.15, 0.2) is 66.9 Å². The number of H-pyrrole nitrogens is 1. The van der Waals surface area contributed by atoms with E-state index in [0.29, 0.717) is 24.2 Å².